The Morgan fingerprint density at radius 1 is 1.32 bits per heavy atom. The highest BCUT2D eigenvalue weighted by atomic mass is 32.1. The molecular weight excluding hydrogens is 304 g/mol. The van der Waals surface area contributed by atoms with Crippen LogP contribution >= 0.6 is 11.3 Å². The number of carboxylic acids is 1. The number of amides is 1. The number of thiazole rings is 1. The van der Waals surface area contributed by atoms with E-state index in [1.807, 2.05) is 19.1 Å². The number of rotatable bonds is 6. The molecular formula is C15H16N2O4S. The molecule has 2 aromatic rings. The zero-order valence-corrected chi connectivity index (χ0v) is 13.1. The third-order valence-electron chi connectivity index (χ3n) is 2.73. The number of hydrogen-bond donors (Lipinski definition) is 2. The normalized spacial score (nSPS) is 10.3. The van der Waals surface area contributed by atoms with Gasteiger partial charge in [-0.25, -0.2) is 4.98 Å². The number of anilines is 1. The van der Waals surface area contributed by atoms with Crippen molar-refractivity contribution in [1.82, 2.24) is 4.98 Å². The summed E-state index contributed by atoms with van der Waals surface area (Å²) in [5.41, 5.74) is 1.35. The largest absolute Gasteiger partial charge is 0.494 e. The summed E-state index contributed by atoms with van der Waals surface area (Å²) in [6.45, 7) is 3.86. The lowest BCUT2D eigenvalue weighted by molar-refractivity contribution is -0.136. The van der Waals surface area contributed by atoms with Gasteiger partial charge in [0.15, 0.2) is 5.13 Å². The van der Waals surface area contributed by atoms with Crippen LogP contribution in [-0.4, -0.2) is 28.6 Å². The Balaban J connectivity index is 2.36. The molecule has 0 saturated carbocycles. The molecule has 0 bridgehead atoms. The molecule has 0 radical (unpaired) electrons. The van der Waals surface area contributed by atoms with E-state index in [9.17, 15) is 9.59 Å². The lowest BCUT2D eigenvalue weighted by Gasteiger charge is -2.04. The van der Waals surface area contributed by atoms with Crippen LogP contribution in [0.3, 0.4) is 0 Å². The zero-order valence-electron chi connectivity index (χ0n) is 12.3. The number of aliphatic carboxylic acids is 1. The summed E-state index contributed by atoms with van der Waals surface area (Å²) in [5, 5.41) is 12.0. The fourth-order valence-electron chi connectivity index (χ4n) is 1.91. The van der Waals surface area contributed by atoms with Crippen molar-refractivity contribution in [1.29, 1.82) is 0 Å². The van der Waals surface area contributed by atoms with Gasteiger partial charge in [0, 0.05) is 17.4 Å². The van der Waals surface area contributed by atoms with Crippen LogP contribution in [0.1, 0.15) is 18.7 Å². The van der Waals surface area contributed by atoms with E-state index >= 15 is 0 Å². The number of benzene rings is 1. The van der Waals surface area contributed by atoms with Gasteiger partial charge in [-0.1, -0.05) is 0 Å². The molecule has 2 rings (SSSR count). The van der Waals surface area contributed by atoms with E-state index in [0.29, 0.717) is 22.3 Å². The van der Waals surface area contributed by atoms with E-state index in [2.05, 4.69) is 10.3 Å². The Kier molecular flexibility index (Phi) is 5.11. The highest BCUT2D eigenvalue weighted by Gasteiger charge is 2.16. The molecule has 0 aliphatic carbocycles. The molecule has 0 spiro atoms. The van der Waals surface area contributed by atoms with Gasteiger partial charge in [0.1, 0.15) is 5.75 Å². The van der Waals surface area contributed by atoms with Gasteiger partial charge >= 0.3 is 5.97 Å². The van der Waals surface area contributed by atoms with Gasteiger partial charge in [-0.05, 0) is 31.2 Å². The monoisotopic (exact) mass is 320 g/mol. The van der Waals surface area contributed by atoms with Gasteiger partial charge < -0.3 is 15.2 Å². The first-order chi connectivity index (χ1) is 10.5. The Morgan fingerprint density at radius 2 is 2.00 bits per heavy atom. The molecule has 0 unspecified atom stereocenters. The van der Waals surface area contributed by atoms with Gasteiger partial charge in [-0.15, -0.1) is 11.3 Å². The summed E-state index contributed by atoms with van der Waals surface area (Å²) in [6.07, 6.45) is -0.139. The number of aromatic nitrogens is 1. The van der Waals surface area contributed by atoms with E-state index < -0.39 is 5.97 Å². The number of hydrogen-bond acceptors (Lipinski definition) is 5. The lowest BCUT2D eigenvalue weighted by atomic mass is 10.1. The molecule has 0 atom stereocenters. The molecule has 0 aliphatic heterocycles. The van der Waals surface area contributed by atoms with Crippen molar-refractivity contribution in [2.75, 3.05) is 11.9 Å². The van der Waals surface area contributed by atoms with Crippen LogP contribution in [0.25, 0.3) is 11.3 Å². The fraction of sp³-hybridized carbons (Fsp3) is 0.267. The van der Waals surface area contributed by atoms with Crippen LogP contribution in [0.15, 0.2) is 24.3 Å². The van der Waals surface area contributed by atoms with Gasteiger partial charge in [0.25, 0.3) is 0 Å². The summed E-state index contributed by atoms with van der Waals surface area (Å²) >= 11 is 1.17. The first-order valence-electron chi connectivity index (χ1n) is 6.72. The first-order valence-corrected chi connectivity index (χ1v) is 7.53. The van der Waals surface area contributed by atoms with Crippen LogP contribution in [0, 0.1) is 0 Å². The summed E-state index contributed by atoms with van der Waals surface area (Å²) in [5.74, 6) is -0.442. The molecule has 2 N–H and O–H groups in total. The van der Waals surface area contributed by atoms with Crippen molar-refractivity contribution >= 4 is 28.3 Å². The zero-order chi connectivity index (χ0) is 16.1. The van der Waals surface area contributed by atoms with Crippen LogP contribution in [-0.2, 0) is 16.0 Å². The Morgan fingerprint density at radius 3 is 2.55 bits per heavy atom. The van der Waals surface area contributed by atoms with Crippen molar-refractivity contribution in [2.45, 2.75) is 20.3 Å². The maximum atomic E-state index is 11.1. The lowest BCUT2D eigenvalue weighted by Crippen LogP contribution is -2.04. The van der Waals surface area contributed by atoms with Crippen molar-refractivity contribution in [3.63, 3.8) is 0 Å². The maximum Gasteiger partial charge on any atom is 0.308 e. The number of carbonyl (C=O) groups excluding carboxylic acids is 1. The van der Waals surface area contributed by atoms with E-state index in [4.69, 9.17) is 9.84 Å². The second-order valence-electron chi connectivity index (χ2n) is 4.50. The third-order valence-corrected chi connectivity index (χ3v) is 3.70. The smallest absolute Gasteiger partial charge is 0.308 e. The van der Waals surface area contributed by atoms with Crippen molar-refractivity contribution in [2.24, 2.45) is 0 Å². The van der Waals surface area contributed by atoms with E-state index in [-0.39, 0.29) is 12.3 Å². The molecule has 1 aromatic carbocycles. The molecule has 0 saturated heterocycles. The second-order valence-corrected chi connectivity index (χ2v) is 5.58. The molecule has 116 valence electrons. The first kappa shape index (κ1) is 16.0. The van der Waals surface area contributed by atoms with Gasteiger partial charge in [0.2, 0.25) is 5.91 Å². The molecule has 1 aromatic heterocycles. The Hall–Kier alpha value is -2.41. The predicted octanol–water partition coefficient (Wildman–Crippen LogP) is 2.79. The highest BCUT2D eigenvalue weighted by Crippen LogP contribution is 2.32. The minimum Gasteiger partial charge on any atom is -0.494 e. The fourth-order valence-corrected chi connectivity index (χ4v) is 2.94. The van der Waals surface area contributed by atoms with E-state index in [0.717, 1.165) is 11.3 Å². The summed E-state index contributed by atoms with van der Waals surface area (Å²) < 4.78 is 5.38. The van der Waals surface area contributed by atoms with Gasteiger partial charge in [0.05, 0.1) is 18.7 Å². The summed E-state index contributed by atoms with van der Waals surface area (Å²) in [7, 11) is 0. The number of nitrogens with one attached hydrogen (secondary N) is 1. The minimum absolute atomic E-state index is 0.139. The number of nitrogens with zero attached hydrogens (tertiary/aromatic N) is 1. The highest BCUT2D eigenvalue weighted by molar-refractivity contribution is 7.16. The predicted molar refractivity (Wildman–Crippen MR) is 84.4 cm³/mol. The quantitative estimate of drug-likeness (QED) is 0.854. The van der Waals surface area contributed by atoms with Gasteiger partial charge in [-0.3, -0.25) is 9.59 Å². The standard InChI is InChI=1S/C15H16N2O4S/c1-3-21-11-6-4-10(5-7-11)14-12(8-13(19)20)22-15(17-14)16-9(2)18/h4-7H,3,8H2,1-2H3,(H,19,20)(H,16,17,18). The van der Waals surface area contributed by atoms with E-state index in [1.165, 1.54) is 18.3 Å². The average Bonchev–Trinajstić information content (AvgIpc) is 2.81. The minimum atomic E-state index is -0.940. The molecule has 1 amide bonds. The number of ether oxygens (including phenoxy) is 1. The Bertz CT molecular complexity index is 679. The van der Waals surface area contributed by atoms with Crippen LogP contribution in [0.5, 0.6) is 5.75 Å². The molecule has 1 heterocycles. The molecule has 22 heavy (non-hydrogen) atoms. The van der Waals surface area contributed by atoms with Crippen molar-refractivity contribution in [3.8, 4) is 17.0 Å². The third kappa shape index (κ3) is 4.05. The second kappa shape index (κ2) is 7.04. The van der Waals surface area contributed by atoms with Crippen LogP contribution < -0.4 is 10.1 Å². The Labute approximate surface area is 131 Å². The van der Waals surface area contributed by atoms with Crippen molar-refractivity contribution in [3.05, 3.63) is 29.1 Å². The topological polar surface area (TPSA) is 88.5 Å². The van der Waals surface area contributed by atoms with E-state index in [1.54, 1.807) is 12.1 Å². The molecule has 6 nitrogen and oxygen atoms in total. The van der Waals surface area contributed by atoms with Crippen molar-refractivity contribution < 1.29 is 19.4 Å². The number of carbonyl (C=O) groups is 2. The number of carboxylic acid groups (broad SMARTS) is 1. The van der Waals surface area contributed by atoms with Gasteiger partial charge in [-0.2, -0.15) is 0 Å². The summed E-state index contributed by atoms with van der Waals surface area (Å²) in [6, 6.07) is 7.26. The van der Waals surface area contributed by atoms with Crippen LogP contribution in [0.4, 0.5) is 5.13 Å². The molecule has 0 fully saturated rings. The molecule has 7 heteroatoms. The maximum absolute atomic E-state index is 11.1. The SMILES string of the molecule is CCOc1ccc(-c2nc(NC(C)=O)sc2CC(=O)O)cc1. The molecule has 0 aliphatic rings. The summed E-state index contributed by atoms with van der Waals surface area (Å²) in [4.78, 5) is 27.1. The van der Waals surface area contributed by atoms with Crippen LogP contribution in [0.2, 0.25) is 0 Å². The average molecular weight is 320 g/mol.